The first-order valence-electron chi connectivity index (χ1n) is 7.09. The second kappa shape index (κ2) is 8.21. The molecule has 0 atom stereocenters. The molecule has 7 heteroatoms. The molecule has 7 nitrogen and oxygen atoms in total. The number of carbonyl (C=O) groups is 1. The van der Waals surface area contributed by atoms with Crippen LogP contribution >= 0.6 is 0 Å². The summed E-state index contributed by atoms with van der Waals surface area (Å²) in [5.74, 6) is 0.551. The van der Waals surface area contributed by atoms with Gasteiger partial charge in [0.2, 0.25) is 0 Å². The van der Waals surface area contributed by atoms with Crippen LogP contribution in [0.2, 0.25) is 0 Å². The first-order chi connectivity index (χ1) is 10.4. The first-order valence-corrected chi connectivity index (χ1v) is 7.09. The fourth-order valence-electron chi connectivity index (χ4n) is 2.01. The van der Waals surface area contributed by atoms with Crippen molar-refractivity contribution >= 4 is 11.6 Å². The van der Waals surface area contributed by atoms with Gasteiger partial charge >= 0.3 is 0 Å². The lowest BCUT2D eigenvalue weighted by molar-refractivity contribution is -0.385. The van der Waals surface area contributed by atoms with Crippen molar-refractivity contribution in [2.45, 2.75) is 26.7 Å². The van der Waals surface area contributed by atoms with Gasteiger partial charge in [-0.25, -0.2) is 0 Å². The lowest BCUT2D eigenvalue weighted by Crippen LogP contribution is -2.25. The maximum Gasteiger partial charge on any atom is 0.286 e. The molecule has 0 saturated carbocycles. The van der Waals surface area contributed by atoms with E-state index >= 15 is 0 Å². The molecule has 1 amide bonds. The van der Waals surface area contributed by atoms with E-state index in [1.54, 1.807) is 0 Å². The molecule has 0 bridgehead atoms. The van der Waals surface area contributed by atoms with Crippen LogP contribution in [0.3, 0.4) is 0 Å². The lowest BCUT2D eigenvalue weighted by atomic mass is 10.1. The number of benzene rings is 1. The zero-order valence-electron chi connectivity index (χ0n) is 13.3. The number of nitro groups is 1. The molecular formula is C15H22N2O5. The largest absolute Gasteiger partial charge is 0.493 e. The van der Waals surface area contributed by atoms with Crippen molar-refractivity contribution in [3.8, 4) is 11.5 Å². The number of nitro benzene ring substituents is 1. The van der Waals surface area contributed by atoms with Gasteiger partial charge in [0.25, 0.3) is 11.6 Å². The highest BCUT2D eigenvalue weighted by Crippen LogP contribution is 2.34. The Bertz CT molecular complexity index is 543. The van der Waals surface area contributed by atoms with Crippen molar-refractivity contribution in [2.75, 3.05) is 20.8 Å². The number of ether oxygens (including phenoxy) is 2. The zero-order valence-corrected chi connectivity index (χ0v) is 13.3. The van der Waals surface area contributed by atoms with Crippen molar-refractivity contribution in [3.05, 3.63) is 27.8 Å². The summed E-state index contributed by atoms with van der Waals surface area (Å²) in [7, 11) is 2.79. The predicted molar refractivity (Wildman–Crippen MR) is 82.6 cm³/mol. The minimum atomic E-state index is -0.606. The van der Waals surface area contributed by atoms with Crippen molar-refractivity contribution in [2.24, 2.45) is 5.92 Å². The quantitative estimate of drug-likeness (QED) is 0.453. The highest BCUT2D eigenvalue weighted by molar-refractivity contribution is 5.99. The first kappa shape index (κ1) is 17.7. The van der Waals surface area contributed by atoms with Crippen LogP contribution in [-0.2, 0) is 0 Å². The molecule has 0 aliphatic rings. The van der Waals surface area contributed by atoms with E-state index < -0.39 is 10.8 Å². The third kappa shape index (κ3) is 4.61. The summed E-state index contributed by atoms with van der Waals surface area (Å²) in [6.07, 6.45) is 1.80. The van der Waals surface area contributed by atoms with Crippen molar-refractivity contribution in [3.63, 3.8) is 0 Å². The van der Waals surface area contributed by atoms with Crippen molar-refractivity contribution < 1.29 is 19.2 Å². The lowest BCUT2D eigenvalue weighted by Gasteiger charge is -2.11. The van der Waals surface area contributed by atoms with E-state index in [1.807, 2.05) is 0 Å². The number of nitrogens with zero attached hydrogens (tertiary/aromatic N) is 1. The summed E-state index contributed by atoms with van der Waals surface area (Å²) in [6.45, 7) is 4.67. The average molecular weight is 310 g/mol. The van der Waals surface area contributed by atoms with Gasteiger partial charge in [-0.3, -0.25) is 14.9 Å². The summed E-state index contributed by atoms with van der Waals surface area (Å²) in [4.78, 5) is 22.7. The number of amides is 1. The number of hydrogen-bond donors (Lipinski definition) is 1. The fraction of sp³-hybridized carbons (Fsp3) is 0.533. The van der Waals surface area contributed by atoms with Crippen LogP contribution in [0.5, 0.6) is 11.5 Å². The minimum Gasteiger partial charge on any atom is -0.493 e. The van der Waals surface area contributed by atoms with Gasteiger partial charge in [-0.1, -0.05) is 13.8 Å². The Labute approximate surface area is 129 Å². The smallest absolute Gasteiger partial charge is 0.286 e. The highest BCUT2D eigenvalue weighted by atomic mass is 16.6. The second-order valence-electron chi connectivity index (χ2n) is 5.27. The van der Waals surface area contributed by atoms with E-state index in [0.29, 0.717) is 12.5 Å². The molecule has 0 aromatic heterocycles. The van der Waals surface area contributed by atoms with Crippen LogP contribution in [0.4, 0.5) is 5.69 Å². The summed E-state index contributed by atoms with van der Waals surface area (Å²) >= 11 is 0. The van der Waals surface area contributed by atoms with Crippen LogP contribution in [0.25, 0.3) is 0 Å². The van der Waals surface area contributed by atoms with Gasteiger partial charge in [0.1, 0.15) is 5.56 Å². The molecule has 1 rings (SSSR count). The summed E-state index contributed by atoms with van der Waals surface area (Å²) in [5, 5.41) is 13.8. The van der Waals surface area contributed by atoms with E-state index in [4.69, 9.17) is 9.47 Å². The third-order valence-corrected chi connectivity index (χ3v) is 3.19. The molecule has 0 unspecified atom stereocenters. The van der Waals surface area contributed by atoms with Crippen LogP contribution < -0.4 is 14.8 Å². The Kier molecular flexibility index (Phi) is 6.62. The molecular weight excluding hydrogens is 288 g/mol. The van der Waals surface area contributed by atoms with E-state index in [-0.39, 0.29) is 22.7 Å². The average Bonchev–Trinajstić information content (AvgIpc) is 2.49. The normalized spacial score (nSPS) is 10.4. The van der Waals surface area contributed by atoms with Gasteiger partial charge in [-0.15, -0.1) is 0 Å². The molecule has 122 valence electrons. The van der Waals surface area contributed by atoms with Crippen LogP contribution in [0, 0.1) is 16.0 Å². The maximum absolute atomic E-state index is 12.2. The van der Waals surface area contributed by atoms with Gasteiger partial charge in [-0.2, -0.15) is 0 Å². The molecule has 0 saturated heterocycles. The van der Waals surface area contributed by atoms with Crippen molar-refractivity contribution in [1.82, 2.24) is 5.32 Å². The monoisotopic (exact) mass is 310 g/mol. The SMILES string of the molecule is COc1cc(C(=O)NCCCC(C)C)c([N+](=O)[O-])cc1OC. The molecule has 0 radical (unpaired) electrons. The molecule has 0 spiro atoms. The van der Waals surface area contributed by atoms with Gasteiger partial charge in [0, 0.05) is 12.6 Å². The zero-order chi connectivity index (χ0) is 16.7. The molecule has 22 heavy (non-hydrogen) atoms. The van der Waals surface area contributed by atoms with Crippen LogP contribution in [-0.4, -0.2) is 31.6 Å². The van der Waals surface area contributed by atoms with E-state index in [1.165, 1.54) is 26.4 Å². The van der Waals surface area contributed by atoms with Gasteiger partial charge in [0.15, 0.2) is 11.5 Å². The number of methoxy groups -OCH3 is 2. The Hall–Kier alpha value is -2.31. The Morgan fingerprint density at radius 3 is 2.36 bits per heavy atom. The summed E-state index contributed by atoms with van der Waals surface area (Å²) in [6, 6.07) is 2.52. The molecule has 0 aliphatic heterocycles. The van der Waals surface area contributed by atoms with Crippen LogP contribution in [0.15, 0.2) is 12.1 Å². The molecule has 1 N–H and O–H groups in total. The molecule has 1 aromatic carbocycles. The van der Waals surface area contributed by atoms with E-state index in [2.05, 4.69) is 19.2 Å². The summed E-state index contributed by atoms with van der Waals surface area (Å²) < 4.78 is 10.1. The van der Waals surface area contributed by atoms with E-state index in [0.717, 1.165) is 12.8 Å². The Morgan fingerprint density at radius 1 is 1.27 bits per heavy atom. The minimum absolute atomic E-state index is 0.0350. The standard InChI is InChI=1S/C15H22N2O5/c1-10(2)6-5-7-16-15(18)11-8-13(21-3)14(22-4)9-12(11)17(19)20/h8-10H,5-7H2,1-4H3,(H,16,18). The Balaban J connectivity index is 2.95. The molecule has 0 heterocycles. The van der Waals surface area contributed by atoms with Gasteiger partial charge in [-0.05, 0) is 18.8 Å². The predicted octanol–water partition coefficient (Wildman–Crippen LogP) is 2.78. The number of carbonyl (C=O) groups excluding carboxylic acids is 1. The summed E-state index contributed by atoms with van der Waals surface area (Å²) in [5.41, 5.74) is -0.341. The highest BCUT2D eigenvalue weighted by Gasteiger charge is 2.24. The van der Waals surface area contributed by atoms with Gasteiger partial charge in [0.05, 0.1) is 25.2 Å². The third-order valence-electron chi connectivity index (χ3n) is 3.19. The second-order valence-corrected chi connectivity index (χ2v) is 5.27. The molecule has 1 aromatic rings. The topological polar surface area (TPSA) is 90.7 Å². The maximum atomic E-state index is 12.2. The number of rotatable bonds is 8. The van der Waals surface area contributed by atoms with Crippen molar-refractivity contribution in [1.29, 1.82) is 0 Å². The Morgan fingerprint density at radius 2 is 1.86 bits per heavy atom. The molecule has 0 aliphatic carbocycles. The number of hydrogen-bond acceptors (Lipinski definition) is 5. The molecule has 0 fully saturated rings. The van der Waals surface area contributed by atoms with E-state index in [9.17, 15) is 14.9 Å². The number of nitrogens with one attached hydrogen (secondary N) is 1. The van der Waals surface area contributed by atoms with Crippen LogP contribution in [0.1, 0.15) is 37.0 Å². The fourth-order valence-corrected chi connectivity index (χ4v) is 2.01. The van der Waals surface area contributed by atoms with Gasteiger partial charge < -0.3 is 14.8 Å².